The van der Waals surface area contributed by atoms with Crippen LogP contribution >= 0.6 is 11.6 Å². The van der Waals surface area contributed by atoms with E-state index < -0.39 is 0 Å². The Bertz CT molecular complexity index is 398. The van der Waals surface area contributed by atoms with Gasteiger partial charge in [-0.05, 0) is 0 Å². The summed E-state index contributed by atoms with van der Waals surface area (Å²) in [6, 6.07) is 0. The Morgan fingerprint density at radius 1 is 1.60 bits per heavy atom. The number of carbonyl (C=O) groups excluding carboxylic acids is 1. The molecule has 80 valence electrons. The van der Waals surface area contributed by atoms with E-state index in [9.17, 15) is 9.18 Å². The van der Waals surface area contributed by atoms with Gasteiger partial charge < -0.3 is 0 Å². The normalized spacial score (nSPS) is 10.8. The van der Waals surface area contributed by atoms with E-state index in [1.54, 1.807) is 6.08 Å². The zero-order valence-corrected chi connectivity index (χ0v) is 8.75. The van der Waals surface area contributed by atoms with E-state index in [0.717, 1.165) is 0 Å². The fourth-order valence-electron chi connectivity index (χ4n) is 1.17. The lowest BCUT2D eigenvalue weighted by Gasteiger charge is -1.95. The maximum absolute atomic E-state index is 11.8. The van der Waals surface area contributed by atoms with E-state index in [0.29, 0.717) is 30.4 Å². The highest BCUT2D eigenvalue weighted by Gasteiger charge is 2.13. The van der Waals surface area contributed by atoms with Crippen LogP contribution in [0.25, 0.3) is 0 Å². The molecule has 0 atom stereocenters. The monoisotopic (exact) mass is 228 g/mol. The fraction of sp³-hybridized carbons (Fsp3) is 0.200. The van der Waals surface area contributed by atoms with Crippen molar-refractivity contribution >= 4 is 17.9 Å². The number of carbonyl (C=O) groups is 1. The molecule has 0 aliphatic rings. The molecular formula is C10H10ClFN2O. The van der Waals surface area contributed by atoms with Crippen molar-refractivity contribution in [3.63, 3.8) is 0 Å². The van der Waals surface area contributed by atoms with Crippen LogP contribution in [-0.4, -0.2) is 16.1 Å². The van der Waals surface area contributed by atoms with Crippen molar-refractivity contribution in [3.8, 4) is 0 Å². The summed E-state index contributed by atoms with van der Waals surface area (Å²) in [4.78, 5) is 10.7. The van der Waals surface area contributed by atoms with Gasteiger partial charge in [-0.3, -0.25) is 4.79 Å². The largest absolute Gasteiger partial charge is 0.298 e. The van der Waals surface area contributed by atoms with E-state index in [1.807, 2.05) is 0 Å². The van der Waals surface area contributed by atoms with Gasteiger partial charge >= 0.3 is 0 Å². The molecule has 0 aliphatic carbocycles. The van der Waals surface area contributed by atoms with Gasteiger partial charge in [0.25, 0.3) is 0 Å². The molecule has 0 unspecified atom stereocenters. The molecule has 3 nitrogen and oxygen atoms in total. The standard InChI is InChI=1S/C10H10ClFN2O/c1-2-6-14-10(11)8(7-15)9(13-14)4-3-5-12/h2-3,5,7H,1,4,6H2. The van der Waals surface area contributed by atoms with E-state index >= 15 is 0 Å². The Morgan fingerprint density at radius 2 is 2.33 bits per heavy atom. The van der Waals surface area contributed by atoms with Crippen LogP contribution in [0.1, 0.15) is 16.1 Å². The molecular weight excluding hydrogens is 219 g/mol. The molecule has 1 heterocycles. The lowest BCUT2D eigenvalue weighted by Crippen LogP contribution is -1.97. The van der Waals surface area contributed by atoms with Crippen LogP contribution in [0.2, 0.25) is 5.15 Å². The van der Waals surface area contributed by atoms with Crippen LogP contribution in [0.15, 0.2) is 25.1 Å². The van der Waals surface area contributed by atoms with Crippen molar-refractivity contribution in [3.05, 3.63) is 41.5 Å². The zero-order valence-electron chi connectivity index (χ0n) is 7.99. The van der Waals surface area contributed by atoms with Gasteiger partial charge in [-0.1, -0.05) is 23.8 Å². The van der Waals surface area contributed by atoms with Gasteiger partial charge in [-0.25, -0.2) is 9.07 Å². The molecule has 1 rings (SSSR count). The second kappa shape index (κ2) is 5.46. The summed E-state index contributed by atoms with van der Waals surface area (Å²) < 4.78 is 13.3. The van der Waals surface area contributed by atoms with Crippen molar-refractivity contribution in [1.82, 2.24) is 9.78 Å². The molecule has 0 saturated heterocycles. The highest BCUT2D eigenvalue weighted by atomic mass is 35.5. The molecule has 0 N–H and O–H groups in total. The Hall–Kier alpha value is -1.42. The average molecular weight is 229 g/mol. The summed E-state index contributed by atoms with van der Waals surface area (Å²) in [6.45, 7) is 3.96. The third kappa shape index (κ3) is 2.53. The fourth-order valence-corrected chi connectivity index (χ4v) is 1.43. The van der Waals surface area contributed by atoms with Crippen molar-refractivity contribution in [2.24, 2.45) is 0 Å². The summed E-state index contributed by atoms with van der Waals surface area (Å²) in [6.07, 6.45) is 4.16. The number of halogens is 2. The highest BCUT2D eigenvalue weighted by molar-refractivity contribution is 6.32. The van der Waals surface area contributed by atoms with E-state index in [4.69, 9.17) is 11.6 Å². The summed E-state index contributed by atoms with van der Waals surface area (Å²) in [5.74, 6) is 0. The topological polar surface area (TPSA) is 34.9 Å². The first-order valence-electron chi connectivity index (χ1n) is 4.31. The Morgan fingerprint density at radius 3 is 2.87 bits per heavy atom. The lowest BCUT2D eigenvalue weighted by molar-refractivity contribution is 0.112. The van der Waals surface area contributed by atoms with Crippen LogP contribution in [0.3, 0.4) is 0 Å². The average Bonchev–Trinajstić information content (AvgIpc) is 2.53. The summed E-state index contributed by atoms with van der Waals surface area (Å²) in [5, 5.41) is 4.33. The van der Waals surface area contributed by atoms with Crippen LogP contribution in [0, 0.1) is 0 Å². The minimum absolute atomic E-state index is 0.244. The molecule has 0 aliphatic heterocycles. The van der Waals surface area contributed by atoms with Gasteiger partial charge in [0.2, 0.25) is 0 Å². The molecule has 15 heavy (non-hydrogen) atoms. The first-order valence-corrected chi connectivity index (χ1v) is 4.68. The number of nitrogens with zero attached hydrogens (tertiary/aromatic N) is 2. The Kier molecular flexibility index (Phi) is 4.24. The van der Waals surface area contributed by atoms with Crippen molar-refractivity contribution < 1.29 is 9.18 Å². The molecule has 1 aromatic heterocycles. The smallest absolute Gasteiger partial charge is 0.155 e. The zero-order chi connectivity index (χ0) is 11.3. The molecule has 0 fully saturated rings. The van der Waals surface area contributed by atoms with Crippen LogP contribution in [0.5, 0.6) is 0 Å². The molecule has 0 saturated carbocycles. The minimum atomic E-state index is 0.244. The van der Waals surface area contributed by atoms with E-state index in [-0.39, 0.29) is 11.6 Å². The number of aldehydes is 1. The second-order valence-corrected chi connectivity index (χ2v) is 3.16. The van der Waals surface area contributed by atoms with Crippen molar-refractivity contribution in [2.45, 2.75) is 13.0 Å². The lowest BCUT2D eigenvalue weighted by atomic mass is 10.2. The third-order valence-electron chi connectivity index (χ3n) is 1.82. The predicted octanol–water partition coefficient (Wildman–Crippen LogP) is 2.56. The molecule has 5 heteroatoms. The maximum atomic E-state index is 11.8. The number of rotatable bonds is 5. The minimum Gasteiger partial charge on any atom is -0.298 e. The summed E-state index contributed by atoms with van der Waals surface area (Å²) in [5.41, 5.74) is 0.766. The molecule has 0 amide bonds. The van der Waals surface area contributed by atoms with Crippen LogP contribution < -0.4 is 0 Å². The third-order valence-corrected chi connectivity index (χ3v) is 2.22. The molecule has 0 aromatic carbocycles. The Balaban J connectivity index is 3.08. The van der Waals surface area contributed by atoms with Gasteiger partial charge in [0.1, 0.15) is 5.15 Å². The molecule has 0 bridgehead atoms. The quantitative estimate of drug-likeness (QED) is 0.574. The van der Waals surface area contributed by atoms with Crippen molar-refractivity contribution in [2.75, 3.05) is 0 Å². The number of hydrogen-bond donors (Lipinski definition) is 0. The SMILES string of the molecule is C=CCn1nc(CC=CF)c(C=O)c1Cl. The number of allylic oxidation sites excluding steroid dienone is 2. The number of aromatic nitrogens is 2. The summed E-state index contributed by atoms with van der Waals surface area (Å²) >= 11 is 5.89. The first kappa shape index (κ1) is 11.7. The second-order valence-electron chi connectivity index (χ2n) is 2.81. The van der Waals surface area contributed by atoms with E-state index in [2.05, 4.69) is 11.7 Å². The molecule has 0 spiro atoms. The van der Waals surface area contributed by atoms with Gasteiger partial charge in [0.15, 0.2) is 6.29 Å². The first-order chi connectivity index (χ1) is 7.24. The van der Waals surface area contributed by atoms with Gasteiger partial charge in [0.05, 0.1) is 24.1 Å². The maximum Gasteiger partial charge on any atom is 0.155 e. The van der Waals surface area contributed by atoms with Gasteiger partial charge in [-0.15, -0.1) is 6.58 Å². The predicted molar refractivity (Wildman–Crippen MR) is 56.8 cm³/mol. The molecule has 1 aromatic rings. The Labute approximate surface area is 91.8 Å². The molecule has 0 radical (unpaired) electrons. The van der Waals surface area contributed by atoms with Crippen molar-refractivity contribution in [1.29, 1.82) is 0 Å². The van der Waals surface area contributed by atoms with E-state index in [1.165, 1.54) is 10.8 Å². The van der Waals surface area contributed by atoms with Gasteiger partial charge in [-0.2, -0.15) is 5.10 Å². The highest BCUT2D eigenvalue weighted by Crippen LogP contribution is 2.19. The summed E-state index contributed by atoms with van der Waals surface area (Å²) in [7, 11) is 0. The van der Waals surface area contributed by atoms with Crippen LogP contribution in [0.4, 0.5) is 4.39 Å². The van der Waals surface area contributed by atoms with Gasteiger partial charge in [0, 0.05) is 6.42 Å². The number of hydrogen-bond acceptors (Lipinski definition) is 2. The van der Waals surface area contributed by atoms with Crippen LogP contribution in [-0.2, 0) is 13.0 Å².